The van der Waals surface area contributed by atoms with Crippen LogP contribution in [-0.2, 0) is 10.0 Å². The van der Waals surface area contributed by atoms with Crippen molar-refractivity contribution in [1.82, 2.24) is 19.5 Å². The largest absolute Gasteiger partial charge is 0.352 e. The zero-order chi connectivity index (χ0) is 19.6. The standard InChI is InChI=1S/C17H17ClN6O2S2/c18-14-1-4-17(27-14)28(25,26)24-11-9-23(10-12-24)16-3-2-15(21-22-16)20-13-5-7-19-8-6-13/h1-8H,9-12H2,(H,19,20,21). The third kappa shape index (κ3) is 4.09. The number of aromatic nitrogens is 3. The van der Waals surface area contributed by atoms with Gasteiger partial charge >= 0.3 is 0 Å². The molecule has 0 spiro atoms. The summed E-state index contributed by atoms with van der Waals surface area (Å²) in [7, 11) is -3.50. The van der Waals surface area contributed by atoms with Gasteiger partial charge in [0.2, 0.25) is 0 Å². The maximum atomic E-state index is 12.7. The zero-order valence-electron chi connectivity index (χ0n) is 14.7. The van der Waals surface area contributed by atoms with Crippen LogP contribution in [0, 0.1) is 0 Å². The Morgan fingerprint density at radius 1 is 0.964 bits per heavy atom. The molecular formula is C17H17ClN6O2S2. The molecule has 0 aliphatic carbocycles. The summed E-state index contributed by atoms with van der Waals surface area (Å²) in [5, 5.41) is 11.6. The smallest absolute Gasteiger partial charge is 0.252 e. The van der Waals surface area contributed by atoms with Crippen molar-refractivity contribution in [2.45, 2.75) is 4.21 Å². The summed E-state index contributed by atoms with van der Waals surface area (Å²) in [6.45, 7) is 1.86. The summed E-state index contributed by atoms with van der Waals surface area (Å²) in [6, 6.07) is 10.6. The Bertz CT molecular complexity index is 1040. The third-order valence-electron chi connectivity index (χ3n) is 4.31. The van der Waals surface area contributed by atoms with E-state index in [1.807, 2.05) is 29.2 Å². The zero-order valence-corrected chi connectivity index (χ0v) is 17.1. The van der Waals surface area contributed by atoms with Crippen LogP contribution in [0.2, 0.25) is 4.34 Å². The lowest BCUT2D eigenvalue weighted by Crippen LogP contribution is -2.48. The number of piperazine rings is 1. The Morgan fingerprint density at radius 2 is 1.71 bits per heavy atom. The van der Waals surface area contributed by atoms with Crippen LogP contribution in [0.25, 0.3) is 0 Å². The molecule has 0 amide bonds. The molecule has 1 aliphatic rings. The van der Waals surface area contributed by atoms with Gasteiger partial charge in [-0.3, -0.25) is 4.98 Å². The van der Waals surface area contributed by atoms with Crippen LogP contribution in [0.5, 0.6) is 0 Å². The summed E-state index contributed by atoms with van der Waals surface area (Å²) in [5.41, 5.74) is 0.879. The minimum atomic E-state index is -3.50. The minimum Gasteiger partial charge on any atom is -0.352 e. The lowest BCUT2D eigenvalue weighted by molar-refractivity contribution is 0.384. The molecular weight excluding hydrogens is 420 g/mol. The van der Waals surface area contributed by atoms with Gasteiger partial charge in [-0.15, -0.1) is 21.5 Å². The first-order chi connectivity index (χ1) is 13.5. The van der Waals surface area contributed by atoms with E-state index in [4.69, 9.17) is 11.6 Å². The molecule has 4 heterocycles. The number of rotatable bonds is 5. The molecule has 0 unspecified atom stereocenters. The number of hydrogen-bond acceptors (Lipinski definition) is 8. The maximum absolute atomic E-state index is 12.7. The van der Waals surface area contributed by atoms with E-state index in [9.17, 15) is 8.42 Å². The number of hydrogen-bond donors (Lipinski definition) is 1. The van der Waals surface area contributed by atoms with Crippen molar-refractivity contribution in [1.29, 1.82) is 0 Å². The average Bonchev–Trinajstić information content (AvgIpc) is 3.17. The first kappa shape index (κ1) is 19.1. The predicted molar refractivity (Wildman–Crippen MR) is 110 cm³/mol. The molecule has 3 aromatic rings. The molecule has 28 heavy (non-hydrogen) atoms. The van der Waals surface area contributed by atoms with Crippen molar-refractivity contribution in [2.24, 2.45) is 0 Å². The number of nitrogens with zero attached hydrogens (tertiary/aromatic N) is 5. The van der Waals surface area contributed by atoms with Crippen molar-refractivity contribution in [3.63, 3.8) is 0 Å². The van der Waals surface area contributed by atoms with Crippen molar-refractivity contribution in [3.05, 3.63) is 53.1 Å². The summed E-state index contributed by atoms with van der Waals surface area (Å²) in [6.07, 6.45) is 3.39. The Balaban J connectivity index is 1.38. The molecule has 146 valence electrons. The maximum Gasteiger partial charge on any atom is 0.252 e. The van der Waals surface area contributed by atoms with Crippen LogP contribution < -0.4 is 10.2 Å². The molecule has 1 N–H and O–H groups in total. The molecule has 3 aromatic heterocycles. The monoisotopic (exact) mass is 436 g/mol. The third-order valence-corrected chi connectivity index (χ3v) is 7.91. The lowest BCUT2D eigenvalue weighted by Gasteiger charge is -2.34. The normalized spacial score (nSPS) is 15.5. The number of nitrogens with one attached hydrogen (secondary N) is 1. The first-order valence-electron chi connectivity index (χ1n) is 8.53. The molecule has 1 fully saturated rings. The molecule has 1 aliphatic heterocycles. The minimum absolute atomic E-state index is 0.275. The second kappa shape index (κ2) is 8.00. The highest BCUT2D eigenvalue weighted by Crippen LogP contribution is 2.29. The van der Waals surface area contributed by atoms with E-state index in [0.717, 1.165) is 22.8 Å². The Kier molecular flexibility index (Phi) is 5.44. The van der Waals surface area contributed by atoms with E-state index in [2.05, 4.69) is 20.5 Å². The van der Waals surface area contributed by atoms with Crippen LogP contribution in [-0.4, -0.2) is 54.1 Å². The van der Waals surface area contributed by atoms with Crippen molar-refractivity contribution < 1.29 is 8.42 Å². The van der Waals surface area contributed by atoms with Gasteiger partial charge in [-0.1, -0.05) is 11.6 Å². The molecule has 11 heteroatoms. The average molecular weight is 437 g/mol. The Labute approximate surface area is 171 Å². The van der Waals surface area contributed by atoms with E-state index < -0.39 is 10.0 Å². The second-order valence-corrected chi connectivity index (χ2v) is 9.97. The molecule has 0 atom stereocenters. The molecule has 0 saturated carbocycles. The molecule has 8 nitrogen and oxygen atoms in total. The fourth-order valence-electron chi connectivity index (χ4n) is 2.86. The SMILES string of the molecule is O=S(=O)(c1ccc(Cl)s1)N1CCN(c2ccc(Nc3ccncc3)nn2)CC1. The van der Waals surface area contributed by atoms with E-state index in [-0.39, 0.29) is 4.21 Å². The topological polar surface area (TPSA) is 91.3 Å². The fraction of sp³-hybridized carbons (Fsp3) is 0.235. The van der Waals surface area contributed by atoms with Gasteiger partial charge in [-0.05, 0) is 36.4 Å². The van der Waals surface area contributed by atoms with Crippen LogP contribution in [0.1, 0.15) is 0 Å². The lowest BCUT2D eigenvalue weighted by atomic mass is 10.3. The van der Waals surface area contributed by atoms with Gasteiger partial charge in [0.1, 0.15) is 4.21 Å². The van der Waals surface area contributed by atoms with Crippen molar-refractivity contribution >= 4 is 50.3 Å². The number of thiophene rings is 1. The molecule has 0 radical (unpaired) electrons. The Morgan fingerprint density at radius 3 is 2.32 bits per heavy atom. The highest BCUT2D eigenvalue weighted by Gasteiger charge is 2.30. The van der Waals surface area contributed by atoms with Gasteiger partial charge in [0.05, 0.1) is 4.34 Å². The molecule has 4 rings (SSSR count). The quantitative estimate of drug-likeness (QED) is 0.657. The number of anilines is 3. The van der Waals surface area contributed by atoms with E-state index in [1.54, 1.807) is 24.5 Å². The van der Waals surface area contributed by atoms with Crippen LogP contribution in [0.3, 0.4) is 0 Å². The van der Waals surface area contributed by atoms with E-state index >= 15 is 0 Å². The van der Waals surface area contributed by atoms with Gasteiger partial charge in [0.15, 0.2) is 11.6 Å². The highest BCUT2D eigenvalue weighted by molar-refractivity contribution is 7.91. The number of pyridine rings is 1. The van der Waals surface area contributed by atoms with Crippen molar-refractivity contribution in [3.8, 4) is 0 Å². The summed E-state index contributed by atoms with van der Waals surface area (Å²) >= 11 is 6.95. The summed E-state index contributed by atoms with van der Waals surface area (Å²) in [4.78, 5) is 6.00. The van der Waals surface area contributed by atoms with Crippen LogP contribution >= 0.6 is 22.9 Å². The van der Waals surface area contributed by atoms with Gasteiger partial charge in [0.25, 0.3) is 10.0 Å². The fourth-order valence-corrected chi connectivity index (χ4v) is 5.92. The molecule has 0 bridgehead atoms. The van der Waals surface area contributed by atoms with Gasteiger partial charge < -0.3 is 10.2 Å². The van der Waals surface area contributed by atoms with Gasteiger partial charge in [-0.25, -0.2) is 8.42 Å². The van der Waals surface area contributed by atoms with E-state index in [0.29, 0.717) is 36.3 Å². The van der Waals surface area contributed by atoms with Gasteiger partial charge in [-0.2, -0.15) is 4.31 Å². The van der Waals surface area contributed by atoms with E-state index in [1.165, 1.54) is 4.31 Å². The Hall–Kier alpha value is -2.27. The van der Waals surface area contributed by atoms with Gasteiger partial charge in [0, 0.05) is 44.3 Å². The number of halogens is 1. The predicted octanol–water partition coefficient (Wildman–Crippen LogP) is 2.84. The second-order valence-electron chi connectivity index (χ2n) is 6.09. The summed E-state index contributed by atoms with van der Waals surface area (Å²) in [5.74, 6) is 1.35. The first-order valence-corrected chi connectivity index (χ1v) is 11.2. The molecule has 1 saturated heterocycles. The molecule has 0 aromatic carbocycles. The number of sulfonamides is 1. The van der Waals surface area contributed by atoms with Crippen molar-refractivity contribution in [2.75, 3.05) is 36.4 Å². The summed E-state index contributed by atoms with van der Waals surface area (Å²) < 4.78 is 27.6. The van der Waals surface area contributed by atoms with Crippen LogP contribution in [0.15, 0.2) is 53.0 Å². The van der Waals surface area contributed by atoms with Crippen LogP contribution in [0.4, 0.5) is 17.3 Å². The highest BCUT2D eigenvalue weighted by atomic mass is 35.5.